The average molecular weight is 223 g/mol. The van der Waals surface area contributed by atoms with Gasteiger partial charge in [0, 0.05) is 13.5 Å². The first-order valence-electron chi connectivity index (χ1n) is 5.51. The normalized spacial score (nSPS) is 10.9. The van der Waals surface area contributed by atoms with Crippen molar-refractivity contribution in [3.05, 3.63) is 23.3 Å². The van der Waals surface area contributed by atoms with E-state index in [0.29, 0.717) is 6.54 Å². The van der Waals surface area contributed by atoms with Crippen molar-refractivity contribution in [2.45, 2.75) is 40.5 Å². The van der Waals surface area contributed by atoms with E-state index in [1.807, 2.05) is 13.0 Å². The Labute approximate surface area is 97.6 Å². The van der Waals surface area contributed by atoms with Crippen LogP contribution in [0.3, 0.4) is 0 Å². The number of carbonyl (C=O) groups excluding carboxylic acids is 2. The summed E-state index contributed by atoms with van der Waals surface area (Å²) in [6.07, 6.45) is 6.14. The summed E-state index contributed by atoms with van der Waals surface area (Å²) < 4.78 is 0. The Morgan fingerprint density at radius 1 is 1.06 bits per heavy atom. The summed E-state index contributed by atoms with van der Waals surface area (Å²) >= 11 is 0. The molecule has 0 atom stereocenters. The van der Waals surface area contributed by atoms with E-state index in [-0.39, 0.29) is 0 Å². The van der Waals surface area contributed by atoms with Crippen LogP contribution in [0, 0.1) is 0 Å². The molecule has 0 aliphatic rings. The largest absolute Gasteiger partial charge is 0.346 e. The van der Waals surface area contributed by atoms with Crippen molar-refractivity contribution in [2.75, 3.05) is 6.54 Å². The van der Waals surface area contributed by atoms with Crippen molar-refractivity contribution < 1.29 is 9.59 Å². The van der Waals surface area contributed by atoms with E-state index in [2.05, 4.69) is 25.2 Å². The summed E-state index contributed by atoms with van der Waals surface area (Å²) in [6.45, 7) is 7.87. The van der Waals surface area contributed by atoms with Crippen LogP contribution in [-0.2, 0) is 9.59 Å². The third-order valence-corrected chi connectivity index (χ3v) is 2.12. The maximum atomic E-state index is 10.9. The van der Waals surface area contributed by atoms with Gasteiger partial charge in [0.1, 0.15) is 0 Å². The Morgan fingerprint density at radius 3 is 2.19 bits per heavy atom. The van der Waals surface area contributed by atoms with Crippen LogP contribution in [0.1, 0.15) is 40.5 Å². The zero-order valence-corrected chi connectivity index (χ0v) is 10.6. The topological polar surface area (TPSA) is 46.2 Å². The molecule has 0 radical (unpaired) electrons. The minimum atomic E-state index is -0.520. The predicted molar refractivity (Wildman–Crippen MR) is 66.1 cm³/mol. The van der Waals surface area contributed by atoms with Gasteiger partial charge in [-0.1, -0.05) is 23.3 Å². The maximum Gasteiger partial charge on any atom is 0.287 e. The van der Waals surface area contributed by atoms with E-state index in [1.165, 1.54) is 18.1 Å². The lowest BCUT2D eigenvalue weighted by molar-refractivity contribution is -0.136. The molecule has 0 aromatic heterocycles. The van der Waals surface area contributed by atoms with E-state index in [1.54, 1.807) is 0 Å². The summed E-state index contributed by atoms with van der Waals surface area (Å²) in [5.41, 5.74) is 2.54. The molecule has 0 unspecified atom stereocenters. The summed E-state index contributed by atoms with van der Waals surface area (Å²) in [5.74, 6) is -0.969. The third-order valence-electron chi connectivity index (χ3n) is 2.12. The van der Waals surface area contributed by atoms with Gasteiger partial charge >= 0.3 is 0 Å². The first-order valence-corrected chi connectivity index (χ1v) is 5.51. The van der Waals surface area contributed by atoms with Crippen LogP contribution in [0.5, 0.6) is 0 Å². The van der Waals surface area contributed by atoms with Crippen molar-refractivity contribution in [1.29, 1.82) is 0 Å². The van der Waals surface area contributed by atoms with Gasteiger partial charge in [-0.3, -0.25) is 9.59 Å². The molecule has 3 nitrogen and oxygen atoms in total. The highest BCUT2D eigenvalue weighted by atomic mass is 16.2. The van der Waals surface area contributed by atoms with Gasteiger partial charge < -0.3 is 5.32 Å². The number of carbonyl (C=O) groups is 2. The van der Waals surface area contributed by atoms with E-state index in [0.717, 1.165) is 12.8 Å². The standard InChI is InChI=1S/C13H21NO2/c1-10(2)6-5-7-11(3)8-9-14-13(16)12(4)15/h6,8H,5,7,9H2,1-4H3,(H,14,16)/b11-8+. The van der Waals surface area contributed by atoms with Crippen LogP contribution in [0.25, 0.3) is 0 Å². The van der Waals surface area contributed by atoms with Crippen molar-refractivity contribution in [3.8, 4) is 0 Å². The Hall–Kier alpha value is -1.38. The zero-order chi connectivity index (χ0) is 12.6. The van der Waals surface area contributed by atoms with Gasteiger partial charge in [0.25, 0.3) is 5.91 Å². The summed E-state index contributed by atoms with van der Waals surface area (Å²) in [6, 6.07) is 0. The molecule has 90 valence electrons. The summed E-state index contributed by atoms with van der Waals surface area (Å²) in [7, 11) is 0. The monoisotopic (exact) mass is 223 g/mol. The molecule has 0 aromatic rings. The smallest absolute Gasteiger partial charge is 0.287 e. The van der Waals surface area contributed by atoms with Gasteiger partial charge in [-0.15, -0.1) is 0 Å². The van der Waals surface area contributed by atoms with Gasteiger partial charge in [-0.05, 0) is 33.6 Å². The molecule has 0 spiro atoms. The van der Waals surface area contributed by atoms with Gasteiger partial charge in [-0.25, -0.2) is 0 Å². The number of ketones is 1. The SMILES string of the molecule is CC(=O)C(=O)NC/C=C(\C)CCC=C(C)C. The Bertz CT molecular complexity index is 310. The molecule has 0 saturated carbocycles. The van der Waals surface area contributed by atoms with Crippen LogP contribution in [0.2, 0.25) is 0 Å². The lowest BCUT2D eigenvalue weighted by Crippen LogP contribution is -2.29. The molecular formula is C13H21NO2. The second-order valence-electron chi connectivity index (χ2n) is 4.14. The van der Waals surface area contributed by atoms with E-state index in [4.69, 9.17) is 0 Å². The number of hydrogen-bond donors (Lipinski definition) is 1. The molecule has 0 fully saturated rings. The Kier molecular flexibility index (Phi) is 7.18. The quantitative estimate of drug-likeness (QED) is 0.555. The van der Waals surface area contributed by atoms with Crippen LogP contribution < -0.4 is 5.32 Å². The molecule has 3 heteroatoms. The minimum absolute atomic E-state index is 0.430. The van der Waals surface area contributed by atoms with Crippen LogP contribution in [-0.4, -0.2) is 18.2 Å². The number of allylic oxidation sites excluding steroid dienone is 3. The van der Waals surface area contributed by atoms with Gasteiger partial charge in [0.15, 0.2) is 0 Å². The number of amides is 1. The molecule has 0 aromatic carbocycles. The Balaban J connectivity index is 3.83. The first kappa shape index (κ1) is 14.6. The molecular weight excluding hydrogens is 202 g/mol. The van der Waals surface area contributed by atoms with Crippen LogP contribution in [0.4, 0.5) is 0 Å². The second-order valence-corrected chi connectivity index (χ2v) is 4.14. The number of hydrogen-bond acceptors (Lipinski definition) is 2. The zero-order valence-electron chi connectivity index (χ0n) is 10.6. The number of Topliss-reactive ketones (excluding diaryl/α,β-unsaturated/α-hetero) is 1. The first-order chi connectivity index (χ1) is 7.43. The molecule has 1 N–H and O–H groups in total. The molecule has 16 heavy (non-hydrogen) atoms. The van der Waals surface area contributed by atoms with Crippen LogP contribution >= 0.6 is 0 Å². The molecule has 0 heterocycles. The highest BCUT2D eigenvalue weighted by Gasteiger charge is 2.03. The maximum absolute atomic E-state index is 10.9. The number of rotatable bonds is 6. The van der Waals surface area contributed by atoms with Gasteiger partial charge in [-0.2, -0.15) is 0 Å². The van der Waals surface area contributed by atoms with Crippen molar-refractivity contribution in [1.82, 2.24) is 5.32 Å². The molecule has 0 rings (SSSR count). The highest BCUT2D eigenvalue weighted by molar-refractivity contribution is 6.35. The summed E-state index contributed by atoms with van der Waals surface area (Å²) in [5, 5.41) is 2.53. The van der Waals surface area contributed by atoms with Crippen molar-refractivity contribution >= 4 is 11.7 Å². The van der Waals surface area contributed by atoms with E-state index < -0.39 is 11.7 Å². The van der Waals surface area contributed by atoms with E-state index in [9.17, 15) is 9.59 Å². The van der Waals surface area contributed by atoms with Crippen molar-refractivity contribution in [3.63, 3.8) is 0 Å². The highest BCUT2D eigenvalue weighted by Crippen LogP contribution is 2.05. The minimum Gasteiger partial charge on any atom is -0.346 e. The molecule has 0 aliphatic heterocycles. The van der Waals surface area contributed by atoms with Crippen molar-refractivity contribution in [2.24, 2.45) is 0 Å². The Morgan fingerprint density at radius 2 is 1.69 bits per heavy atom. The molecule has 0 aliphatic carbocycles. The molecule has 1 amide bonds. The summed E-state index contributed by atoms with van der Waals surface area (Å²) in [4.78, 5) is 21.6. The molecule has 0 bridgehead atoms. The third kappa shape index (κ3) is 7.97. The fourth-order valence-corrected chi connectivity index (χ4v) is 1.13. The van der Waals surface area contributed by atoms with Gasteiger partial charge in [0.05, 0.1) is 0 Å². The van der Waals surface area contributed by atoms with Crippen LogP contribution in [0.15, 0.2) is 23.3 Å². The average Bonchev–Trinajstić information content (AvgIpc) is 2.16. The molecule has 0 saturated heterocycles. The fourth-order valence-electron chi connectivity index (χ4n) is 1.13. The van der Waals surface area contributed by atoms with Gasteiger partial charge in [0.2, 0.25) is 5.78 Å². The van der Waals surface area contributed by atoms with E-state index >= 15 is 0 Å². The fraction of sp³-hybridized carbons (Fsp3) is 0.538. The lowest BCUT2D eigenvalue weighted by Gasteiger charge is -2.01. The lowest BCUT2D eigenvalue weighted by atomic mass is 10.1. The predicted octanol–water partition coefficient (Wildman–Crippen LogP) is 2.38. The second kappa shape index (κ2) is 7.85. The number of nitrogens with one attached hydrogen (secondary N) is 1.